The molecular weight excluding hydrogens is 332 g/mol. The Kier molecular flexibility index (Phi) is 8.56. The van der Waals surface area contributed by atoms with E-state index in [1.807, 2.05) is 59.9 Å². The minimum atomic E-state index is -0.220. The van der Waals surface area contributed by atoms with Crippen molar-refractivity contribution in [1.29, 1.82) is 0 Å². The molecule has 0 unspecified atom stereocenters. The van der Waals surface area contributed by atoms with E-state index in [0.29, 0.717) is 5.39 Å². The third-order valence-electron chi connectivity index (χ3n) is 3.58. The van der Waals surface area contributed by atoms with Gasteiger partial charge in [0.15, 0.2) is 0 Å². The quantitative estimate of drug-likeness (QED) is 0.323. The molecule has 0 N–H and O–H groups in total. The molecule has 2 aromatic carbocycles. The van der Waals surface area contributed by atoms with Crippen LogP contribution >= 0.6 is 0 Å². The lowest BCUT2D eigenvalue weighted by atomic mass is 10.2. The van der Waals surface area contributed by atoms with Gasteiger partial charge in [-0.05, 0) is 42.8 Å². The summed E-state index contributed by atoms with van der Waals surface area (Å²) < 4.78 is 32.6. The third-order valence-corrected chi connectivity index (χ3v) is 3.58. The van der Waals surface area contributed by atoms with Crippen molar-refractivity contribution >= 4 is 21.9 Å². The molecule has 0 atom stereocenters. The highest BCUT2D eigenvalue weighted by molar-refractivity contribution is 5.81. The summed E-state index contributed by atoms with van der Waals surface area (Å²) in [6.07, 6.45) is 3.12. The number of hydrogen-bond acceptors (Lipinski definition) is 1. The van der Waals surface area contributed by atoms with E-state index >= 15 is 0 Å². The molecule has 4 aromatic rings. The zero-order chi connectivity index (χ0) is 19.7. The number of benzene rings is 2. The Morgan fingerprint density at radius 1 is 0.885 bits per heavy atom. The van der Waals surface area contributed by atoms with E-state index in [9.17, 15) is 8.78 Å². The van der Waals surface area contributed by atoms with Gasteiger partial charge in [0, 0.05) is 24.0 Å². The molecule has 4 rings (SSSR count). The van der Waals surface area contributed by atoms with Crippen molar-refractivity contribution in [3.05, 3.63) is 72.1 Å². The number of aryl methyl sites for hydroxylation is 2. The molecule has 0 amide bonds. The highest BCUT2D eigenvalue weighted by Crippen LogP contribution is 2.20. The van der Waals surface area contributed by atoms with Crippen LogP contribution in [0.3, 0.4) is 0 Å². The van der Waals surface area contributed by atoms with Gasteiger partial charge in [-0.3, -0.25) is 0 Å². The fourth-order valence-corrected chi connectivity index (χ4v) is 2.42. The normalized spacial score (nSPS) is 9.54. The first kappa shape index (κ1) is 21.4. The first-order valence-corrected chi connectivity index (χ1v) is 8.89. The van der Waals surface area contributed by atoms with E-state index in [1.54, 1.807) is 23.0 Å². The van der Waals surface area contributed by atoms with Gasteiger partial charge in [0.05, 0.1) is 11.8 Å². The zero-order valence-corrected chi connectivity index (χ0v) is 16.3. The molecule has 26 heavy (non-hydrogen) atoms. The molecular formula is C22H27F2NO. The highest BCUT2D eigenvalue weighted by Gasteiger charge is 2.03. The van der Waals surface area contributed by atoms with E-state index in [2.05, 4.69) is 0 Å². The number of aromatic nitrogens is 1. The summed E-state index contributed by atoms with van der Waals surface area (Å²) in [5.41, 5.74) is 2.65. The Morgan fingerprint density at radius 3 is 2.19 bits per heavy atom. The van der Waals surface area contributed by atoms with Gasteiger partial charge < -0.3 is 8.98 Å². The van der Waals surface area contributed by atoms with Gasteiger partial charge in [0.25, 0.3) is 0 Å². The molecule has 0 spiro atoms. The second-order valence-electron chi connectivity index (χ2n) is 5.16. The van der Waals surface area contributed by atoms with Gasteiger partial charge in [-0.2, -0.15) is 0 Å². The van der Waals surface area contributed by atoms with E-state index < -0.39 is 0 Å². The van der Waals surface area contributed by atoms with Crippen LogP contribution in [0.2, 0.25) is 0 Å². The lowest BCUT2D eigenvalue weighted by Crippen LogP contribution is -1.81. The summed E-state index contributed by atoms with van der Waals surface area (Å²) in [7, 11) is 1.84. The number of halogens is 2. The predicted octanol–water partition coefficient (Wildman–Crippen LogP) is 7.25. The van der Waals surface area contributed by atoms with Gasteiger partial charge in [-0.15, -0.1) is 0 Å². The molecule has 0 bridgehead atoms. The Morgan fingerprint density at radius 2 is 1.54 bits per heavy atom. The fourth-order valence-electron chi connectivity index (χ4n) is 2.42. The van der Waals surface area contributed by atoms with Crippen molar-refractivity contribution in [2.75, 3.05) is 0 Å². The lowest BCUT2D eigenvalue weighted by molar-refractivity contribution is 0.608. The number of rotatable bonds is 0. The van der Waals surface area contributed by atoms with E-state index in [4.69, 9.17) is 4.42 Å². The van der Waals surface area contributed by atoms with Gasteiger partial charge in [-0.1, -0.05) is 39.8 Å². The molecule has 0 aliphatic rings. The average Bonchev–Trinajstić information content (AvgIpc) is 3.19. The maximum absolute atomic E-state index is 13.0. The molecule has 0 saturated heterocycles. The summed E-state index contributed by atoms with van der Waals surface area (Å²) in [6.45, 7) is 9.89. The van der Waals surface area contributed by atoms with Gasteiger partial charge in [-0.25, -0.2) is 8.78 Å². The smallest absolute Gasteiger partial charge is 0.148 e. The van der Waals surface area contributed by atoms with Crippen LogP contribution in [0.1, 0.15) is 33.3 Å². The molecule has 0 aliphatic carbocycles. The largest absolute Gasteiger partial charge is 0.464 e. The second-order valence-corrected chi connectivity index (χ2v) is 5.16. The van der Waals surface area contributed by atoms with Crippen LogP contribution in [0, 0.1) is 18.6 Å². The van der Waals surface area contributed by atoms with Crippen LogP contribution in [0.5, 0.6) is 0 Å². The number of furan rings is 1. The number of hydrogen-bond donors (Lipinski definition) is 0. The maximum atomic E-state index is 13.0. The lowest BCUT2D eigenvalue weighted by Gasteiger charge is -1.91. The van der Waals surface area contributed by atoms with Crippen molar-refractivity contribution < 1.29 is 13.2 Å². The van der Waals surface area contributed by atoms with Crippen LogP contribution in [-0.2, 0) is 7.05 Å². The molecule has 2 aromatic heterocycles. The number of fused-ring (bicyclic) bond motifs is 2. The Balaban J connectivity index is 0.000000219. The monoisotopic (exact) mass is 359 g/mol. The first-order valence-electron chi connectivity index (χ1n) is 8.89. The fraction of sp³-hybridized carbons (Fsp3) is 0.273. The van der Waals surface area contributed by atoms with E-state index in [0.717, 1.165) is 22.0 Å². The summed E-state index contributed by atoms with van der Waals surface area (Å²) in [4.78, 5) is 0. The van der Waals surface area contributed by atoms with Crippen molar-refractivity contribution in [3.8, 4) is 0 Å². The van der Waals surface area contributed by atoms with Crippen molar-refractivity contribution in [1.82, 2.24) is 4.57 Å². The summed E-state index contributed by atoms with van der Waals surface area (Å²) in [5.74, 6) is -0.370. The van der Waals surface area contributed by atoms with E-state index in [-0.39, 0.29) is 11.6 Å². The van der Waals surface area contributed by atoms with Gasteiger partial charge in [0.1, 0.15) is 17.2 Å². The first-order chi connectivity index (χ1) is 12.6. The molecule has 0 radical (unpaired) electrons. The molecule has 4 heteroatoms. The Labute approximate surface area is 154 Å². The summed E-state index contributed by atoms with van der Waals surface area (Å²) >= 11 is 0. The minimum absolute atomic E-state index is 0.150. The average molecular weight is 359 g/mol. The summed E-state index contributed by atoms with van der Waals surface area (Å²) in [6, 6.07) is 11.9. The highest BCUT2D eigenvalue weighted by atomic mass is 19.1. The Hall–Kier alpha value is -2.62. The standard InChI is InChI=1S/C9H8FN.C9H7FO.2C2H6/c1-11-6-8(10)7-4-2-3-5-9(7)11;1-6-5-11-9-3-2-7(10)4-8(6)9;2*1-2/h2-6H,1H3;2-5H,1H3;2*1-2H3. The SMILES string of the molecule is CC.CC.Cc1coc2ccc(F)cc12.Cn1cc(F)c2ccccc21. The molecule has 140 valence electrons. The van der Waals surface area contributed by atoms with Crippen LogP contribution in [-0.4, -0.2) is 4.57 Å². The van der Waals surface area contributed by atoms with Crippen molar-refractivity contribution in [2.24, 2.45) is 7.05 Å². The molecule has 0 saturated carbocycles. The zero-order valence-electron chi connectivity index (χ0n) is 16.3. The third kappa shape index (κ3) is 4.94. The Bertz CT molecular complexity index is 902. The molecule has 2 heterocycles. The van der Waals surface area contributed by atoms with Crippen LogP contribution < -0.4 is 0 Å². The topological polar surface area (TPSA) is 18.1 Å². The van der Waals surface area contributed by atoms with Gasteiger partial charge >= 0.3 is 0 Å². The van der Waals surface area contributed by atoms with Crippen LogP contribution in [0.4, 0.5) is 8.78 Å². The van der Waals surface area contributed by atoms with E-state index in [1.165, 1.54) is 18.3 Å². The molecule has 0 aliphatic heterocycles. The number of para-hydroxylation sites is 1. The number of nitrogens with zero attached hydrogens (tertiary/aromatic N) is 1. The van der Waals surface area contributed by atoms with Crippen LogP contribution in [0.25, 0.3) is 21.9 Å². The van der Waals surface area contributed by atoms with Crippen molar-refractivity contribution in [2.45, 2.75) is 34.6 Å². The maximum Gasteiger partial charge on any atom is 0.148 e. The van der Waals surface area contributed by atoms with Crippen LogP contribution in [0.15, 0.2) is 59.3 Å². The summed E-state index contributed by atoms with van der Waals surface area (Å²) in [5, 5.41) is 1.54. The van der Waals surface area contributed by atoms with Gasteiger partial charge in [0.2, 0.25) is 0 Å². The predicted molar refractivity (Wildman–Crippen MR) is 106 cm³/mol. The second kappa shape index (κ2) is 10.4. The van der Waals surface area contributed by atoms with Crippen molar-refractivity contribution in [3.63, 3.8) is 0 Å². The minimum Gasteiger partial charge on any atom is -0.464 e. The molecule has 2 nitrogen and oxygen atoms in total. The molecule has 0 fully saturated rings.